The number of nitrogens with zero attached hydrogens (tertiary/aromatic N) is 1. The molecule has 100 valence electrons. The molecular weight excluding hydrogens is 228 g/mol. The molecule has 0 bridgehead atoms. The van der Waals surface area contributed by atoms with Gasteiger partial charge in [-0.25, -0.2) is 0 Å². The van der Waals surface area contributed by atoms with Gasteiger partial charge in [-0.05, 0) is 38.0 Å². The number of hydrogen-bond acceptors (Lipinski definition) is 2. The largest absolute Gasteiger partial charge is 0.351 e. The summed E-state index contributed by atoms with van der Waals surface area (Å²) in [5.74, 6) is 1.42. The second-order valence-corrected chi connectivity index (χ2v) is 6.33. The van der Waals surface area contributed by atoms with Gasteiger partial charge in [0.25, 0.3) is 0 Å². The van der Waals surface area contributed by atoms with Crippen LogP contribution in [0.1, 0.15) is 45.4 Å². The first-order valence-corrected chi connectivity index (χ1v) is 7.19. The van der Waals surface area contributed by atoms with Gasteiger partial charge in [-0.15, -0.1) is 0 Å². The standard InChI is InChI=1S/C14H22N2O2/c1-10-9-11(10)13(18)16-7-5-14(6-8-16)4-2-3-12(17)15-14/h10-11H,2-9H2,1H3,(H,15,17)/t10-,11-/m1/s1. The van der Waals surface area contributed by atoms with E-state index < -0.39 is 0 Å². The molecule has 3 rings (SSSR count). The van der Waals surface area contributed by atoms with Gasteiger partial charge in [0, 0.05) is 31.0 Å². The van der Waals surface area contributed by atoms with Crippen molar-refractivity contribution in [3.05, 3.63) is 0 Å². The van der Waals surface area contributed by atoms with Crippen molar-refractivity contribution in [3.63, 3.8) is 0 Å². The summed E-state index contributed by atoms with van der Waals surface area (Å²) < 4.78 is 0. The second-order valence-electron chi connectivity index (χ2n) is 6.33. The van der Waals surface area contributed by atoms with Crippen molar-refractivity contribution < 1.29 is 9.59 Å². The molecule has 0 aromatic rings. The summed E-state index contributed by atoms with van der Waals surface area (Å²) in [4.78, 5) is 25.7. The number of carbonyl (C=O) groups excluding carboxylic acids is 2. The smallest absolute Gasteiger partial charge is 0.225 e. The summed E-state index contributed by atoms with van der Waals surface area (Å²) in [5.41, 5.74) is 0.00127. The van der Waals surface area contributed by atoms with E-state index in [9.17, 15) is 9.59 Å². The van der Waals surface area contributed by atoms with Crippen LogP contribution in [0.4, 0.5) is 0 Å². The molecule has 1 spiro atoms. The number of piperidine rings is 2. The fraction of sp³-hybridized carbons (Fsp3) is 0.857. The van der Waals surface area contributed by atoms with Crippen molar-refractivity contribution in [1.82, 2.24) is 10.2 Å². The third-order valence-corrected chi connectivity index (χ3v) is 4.92. The van der Waals surface area contributed by atoms with E-state index in [1.54, 1.807) is 0 Å². The third kappa shape index (κ3) is 2.13. The van der Waals surface area contributed by atoms with E-state index in [-0.39, 0.29) is 11.4 Å². The van der Waals surface area contributed by atoms with E-state index in [0.717, 1.165) is 45.2 Å². The number of nitrogens with one attached hydrogen (secondary N) is 1. The molecule has 18 heavy (non-hydrogen) atoms. The molecule has 1 saturated carbocycles. The van der Waals surface area contributed by atoms with E-state index in [1.165, 1.54) is 0 Å². The second kappa shape index (κ2) is 4.25. The van der Waals surface area contributed by atoms with Crippen LogP contribution in [0, 0.1) is 11.8 Å². The molecular formula is C14H22N2O2. The van der Waals surface area contributed by atoms with Crippen molar-refractivity contribution in [3.8, 4) is 0 Å². The predicted octanol–water partition coefficient (Wildman–Crippen LogP) is 1.30. The number of amides is 2. The van der Waals surface area contributed by atoms with Gasteiger partial charge < -0.3 is 10.2 Å². The molecule has 1 N–H and O–H groups in total. The van der Waals surface area contributed by atoms with Crippen molar-refractivity contribution in [2.75, 3.05) is 13.1 Å². The average Bonchev–Trinajstić information content (AvgIpc) is 3.06. The molecule has 4 nitrogen and oxygen atoms in total. The normalized spacial score (nSPS) is 34.3. The Kier molecular flexibility index (Phi) is 2.83. The summed E-state index contributed by atoms with van der Waals surface area (Å²) in [6.45, 7) is 3.79. The lowest BCUT2D eigenvalue weighted by molar-refractivity contribution is -0.135. The summed E-state index contributed by atoms with van der Waals surface area (Å²) in [5, 5.41) is 3.17. The van der Waals surface area contributed by atoms with E-state index in [0.29, 0.717) is 24.2 Å². The molecule has 0 unspecified atom stereocenters. The number of carbonyl (C=O) groups is 2. The minimum atomic E-state index is 0.00127. The van der Waals surface area contributed by atoms with Crippen LogP contribution in [-0.2, 0) is 9.59 Å². The van der Waals surface area contributed by atoms with Crippen LogP contribution >= 0.6 is 0 Å². The molecule has 2 saturated heterocycles. The Balaban J connectivity index is 1.57. The molecule has 2 heterocycles. The molecule has 2 aliphatic heterocycles. The Hall–Kier alpha value is -1.06. The zero-order valence-electron chi connectivity index (χ0n) is 11.1. The van der Waals surface area contributed by atoms with Gasteiger partial charge >= 0.3 is 0 Å². The maximum absolute atomic E-state index is 12.1. The monoisotopic (exact) mass is 250 g/mol. The van der Waals surface area contributed by atoms with Gasteiger partial charge in [0.2, 0.25) is 11.8 Å². The molecule has 0 aromatic heterocycles. The van der Waals surface area contributed by atoms with E-state index >= 15 is 0 Å². The summed E-state index contributed by atoms with van der Waals surface area (Å²) in [6.07, 6.45) is 5.69. The Morgan fingerprint density at radius 2 is 2.00 bits per heavy atom. The van der Waals surface area contributed by atoms with Crippen molar-refractivity contribution >= 4 is 11.8 Å². The van der Waals surface area contributed by atoms with Crippen molar-refractivity contribution in [2.45, 2.75) is 51.0 Å². The lowest BCUT2D eigenvalue weighted by Crippen LogP contribution is -2.58. The predicted molar refractivity (Wildman–Crippen MR) is 67.8 cm³/mol. The molecule has 3 fully saturated rings. The molecule has 1 aliphatic carbocycles. The topological polar surface area (TPSA) is 49.4 Å². The minimum Gasteiger partial charge on any atom is -0.351 e. The highest BCUT2D eigenvalue weighted by atomic mass is 16.2. The van der Waals surface area contributed by atoms with E-state index in [2.05, 4.69) is 12.2 Å². The fourth-order valence-corrected chi connectivity index (χ4v) is 3.44. The summed E-state index contributed by atoms with van der Waals surface area (Å²) in [6, 6.07) is 0. The first-order chi connectivity index (χ1) is 8.60. The molecule has 2 atom stereocenters. The minimum absolute atomic E-state index is 0.00127. The van der Waals surface area contributed by atoms with E-state index in [1.807, 2.05) is 4.90 Å². The van der Waals surface area contributed by atoms with Crippen molar-refractivity contribution in [1.29, 1.82) is 0 Å². The SMILES string of the molecule is C[C@@H]1C[C@H]1C(=O)N1CCC2(CCCC(=O)N2)CC1. The van der Waals surface area contributed by atoms with E-state index in [4.69, 9.17) is 0 Å². The Morgan fingerprint density at radius 1 is 1.33 bits per heavy atom. The lowest BCUT2D eigenvalue weighted by atomic mass is 9.80. The van der Waals surface area contributed by atoms with Gasteiger partial charge in [-0.2, -0.15) is 0 Å². The Labute approximate surface area is 108 Å². The Bertz CT molecular complexity index is 372. The Morgan fingerprint density at radius 3 is 2.56 bits per heavy atom. The quantitative estimate of drug-likeness (QED) is 0.762. The van der Waals surface area contributed by atoms with Crippen LogP contribution in [0.3, 0.4) is 0 Å². The van der Waals surface area contributed by atoms with Gasteiger partial charge in [0.15, 0.2) is 0 Å². The first kappa shape index (κ1) is 12.0. The van der Waals surface area contributed by atoms with Crippen LogP contribution in [0.5, 0.6) is 0 Å². The van der Waals surface area contributed by atoms with Crippen LogP contribution < -0.4 is 5.32 Å². The summed E-state index contributed by atoms with van der Waals surface area (Å²) in [7, 11) is 0. The maximum atomic E-state index is 12.1. The van der Waals surface area contributed by atoms with Gasteiger partial charge in [0.1, 0.15) is 0 Å². The molecule has 0 aromatic carbocycles. The molecule has 4 heteroatoms. The number of hydrogen-bond donors (Lipinski definition) is 1. The van der Waals surface area contributed by atoms with Gasteiger partial charge in [0.05, 0.1) is 0 Å². The average molecular weight is 250 g/mol. The highest BCUT2D eigenvalue weighted by molar-refractivity contribution is 5.82. The van der Waals surface area contributed by atoms with Crippen LogP contribution in [0.25, 0.3) is 0 Å². The number of likely N-dealkylation sites (tertiary alicyclic amines) is 1. The van der Waals surface area contributed by atoms with Crippen LogP contribution in [-0.4, -0.2) is 35.3 Å². The van der Waals surface area contributed by atoms with Gasteiger partial charge in [-0.1, -0.05) is 6.92 Å². The van der Waals surface area contributed by atoms with Crippen molar-refractivity contribution in [2.24, 2.45) is 11.8 Å². The van der Waals surface area contributed by atoms with Crippen LogP contribution in [0.15, 0.2) is 0 Å². The molecule has 2 amide bonds. The highest BCUT2D eigenvalue weighted by Crippen LogP contribution is 2.40. The first-order valence-electron chi connectivity index (χ1n) is 7.19. The zero-order chi connectivity index (χ0) is 12.8. The van der Waals surface area contributed by atoms with Crippen LogP contribution in [0.2, 0.25) is 0 Å². The summed E-state index contributed by atoms with van der Waals surface area (Å²) >= 11 is 0. The maximum Gasteiger partial charge on any atom is 0.225 e. The fourth-order valence-electron chi connectivity index (χ4n) is 3.44. The third-order valence-electron chi connectivity index (χ3n) is 4.92. The molecule has 0 radical (unpaired) electrons. The highest BCUT2D eigenvalue weighted by Gasteiger charge is 2.44. The van der Waals surface area contributed by atoms with Gasteiger partial charge in [-0.3, -0.25) is 9.59 Å². The molecule has 3 aliphatic rings. The number of rotatable bonds is 1. The lowest BCUT2D eigenvalue weighted by Gasteiger charge is -2.44. The zero-order valence-corrected chi connectivity index (χ0v) is 11.1.